The molecule has 7 heteroatoms. The topological polar surface area (TPSA) is 67.9 Å². The standard InChI is InChI=1S/C28H34N2O4S/c1-30(2)17-16-21-4-7-24-19-27(11-8-23(24)18-21)34-20-22-5-9-25(10-6-22)29-35(31,32)28-14-12-26(33-3)13-15-28/h5-6,8-15,19,21,29H,4,7,16-18,20H2,1-3H3. The number of nitrogens with zero attached hydrogens (tertiary/aromatic N) is 1. The molecule has 1 aliphatic carbocycles. The highest BCUT2D eigenvalue weighted by Gasteiger charge is 2.19. The van der Waals surface area contributed by atoms with Crippen LogP contribution < -0.4 is 14.2 Å². The molecule has 0 saturated heterocycles. The van der Waals surface area contributed by atoms with Crippen LogP contribution in [0.5, 0.6) is 11.5 Å². The Morgan fingerprint density at radius 1 is 0.943 bits per heavy atom. The van der Waals surface area contributed by atoms with Gasteiger partial charge in [-0.25, -0.2) is 8.42 Å². The number of nitrogens with one attached hydrogen (secondary N) is 1. The minimum Gasteiger partial charge on any atom is -0.497 e. The Labute approximate surface area is 208 Å². The molecule has 186 valence electrons. The van der Waals surface area contributed by atoms with E-state index >= 15 is 0 Å². The maximum absolute atomic E-state index is 12.6. The Bertz CT molecular complexity index is 1220. The van der Waals surface area contributed by atoms with Gasteiger partial charge >= 0.3 is 0 Å². The third kappa shape index (κ3) is 6.77. The molecular weight excluding hydrogens is 460 g/mol. The number of benzene rings is 3. The number of fused-ring (bicyclic) bond motifs is 1. The Kier molecular flexibility index (Phi) is 7.98. The summed E-state index contributed by atoms with van der Waals surface area (Å²) in [4.78, 5) is 2.44. The first-order chi connectivity index (χ1) is 16.8. The maximum atomic E-state index is 12.6. The lowest BCUT2D eigenvalue weighted by molar-refractivity contribution is 0.304. The third-order valence-corrected chi connectivity index (χ3v) is 7.87. The number of methoxy groups -OCH3 is 1. The summed E-state index contributed by atoms with van der Waals surface area (Å²) in [5.41, 5.74) is 4.31. The van der Waals surface area contributed by atoms with Gasteiger partial charge < -0.3 is 14.4 Å². The second kappa shape index (κ2) is 11.1. The molecule has 0 spiro atoms. The van der Waals surface area contributed by atoms with E-state index in [1.165, 1.54) is 36.1 Å². The van der Waals surface area contributed by atoms with Crippen molar-refractivity contribution < 1.29 is 17.9 Å². The molecule has 1 aliphatic rings. The number of anilines is 1. The molecule has 1 N–H and O–H groups in total. The van der Waals surface area contributed by atoms with Gasteiger partial charge in [-0.05, 0) is 117 Å². The first-order valence-electron chi connectivity index (χ1n) is 12.0. The molecule has 1 unspecified atom stereocenters. The zero-order valence-electron chi connectivity index (χ0n) is 20.7. The van der Waals surface area contributed by atoms with Gasteiger partial charge in [0.2, 0.25) is 0 Å². The van der Waals surface area contributed by atoms with Crippen LogP contribution in [0.3, 0.4) is 0 Å². The maximum Gasteiger partial charge on any atom is 0.261 e. The van der Waals surface area contributed by atoms with Gasteiger partial charge in [0.15, 0.2) is 0 Å². The Balaban J connectivity index is 1.31. The number of hydrogen-bond donors (Lipinski definition) is 1. The van der Waals surface area contributed by atoms with E-state index in [2.05, 4.69) is 41.9 Å². The average molecular weight is 495 g/mol. The van der Waals surface area contributed by atoms with Crippen LogP contribution in [0.4, 0.5) is 5.69 Å². The molecule has 0 heterocycles. The van der Waals surface area contributed by atoms with Gasteiger partial charge in [-0.2, -0.15) is 0 Å². The second-order valence-corrected chi connectivity index (χ2v) is 11.1. The van der Waals surface area contributed by atoms with Gasteiger partial charge in [0.05, 0.1) is 12.0 Å². The van der Waals surface area contributed by atoms with Crippen LogP contribution in [0.1, 0.15) is 29.5 Å². The summed E-state index contributed by atoms with van der Waals surface area (Å²) in [6, 6.07) is 20.0. The van der Waals surface area contributed by atoms with E-state index in [0.717, 1.165) is 36.6 Å². The third-order valence-electron chi connectivity index (χ3n) is 6.47. The van der Waals surface area contributed by atoms with Crippen molar-refractivity contribution in [2.75, 3.05) is 32.5 Å². The molecule has 0 radical (unpaired) electrons. The fourth-order valence-corrected chi connectivity index (χ4v) is 5.45. The minimum absolute atomic E-state index is 0.183. The van der Waals surface area contributed by atoms with Gasteiger partial charge in [-0.15, -0.1) is 0 Å². The molecular formula is C28H34N2O4S. The summed E-state index contributed by atoms with van der Waals surface area (Å²) in [6.07, 6.45) is 4.74. The normalized spacial score (nSPS) is 15.5. The Hall–Kier alpha value is -3.03. The van der Waals surface area contributed by atoms with Gasteiger partial charge in [-0.3, -0.25) is 4.72 Å². The monoisotopic (exact) mass is 494 g/mol. The molecule has 35 heavy (non-hydrogen) atoms. The fourth-order valence-electron chi connectivity index (χ4n) is 4.39. The van der Waals surface area contributed by atoms with Crippen molar-refractivity contribution in [1.29, 1.82) is 0 Å². The molecule has 0 aromatic heterocycles. The number of ether oxygens (including phenoxy) is 2. The van der Waals surface area contributed by atoms with Gasteiger partial charge in [0.25, 0.3) is 10.0 Å². The zero-order chi connectivity index (χ0) is 24.8. The van der Waals surface area contributed by atoms with Crippen LogP contribution in [-0.2, 0) is 29.5 Å². The van der Waals surface area contributed by atoms with E-state index in [4.69, 9.17) is 9.47 Å². The fraction of sp³-hybridized carbons (Fsp3) is 0.357. The lowest BCUT2D eigenvalue weighted by Gasteiger charge is -2.26. The van der Waals surface area contributed by atoms with Crippen molar-refractivity contribution in [3.63, 3.8) is 0 Å². The molecule has 0 saturated carbocycles. The summed E-state index contributed by atoms with van der Waals surface area (Å²) < 4.78 is 39.0. The van der Waals surface area contributed by atoms with Crippen LogP contribution in [0.25, 0.3) is 0 Å². The van der Waals surface area contributed by atoms with E-state index < -0.39 is 10.0 Å². The van der Waals surface area contributed by atoms with Gasteiger partial charge in [0.1, 0.15) is 18.1 Å². The second-order valence-electron chi connectivity index (χ2n) is 9.40. The molecule has 6 nitrogen and oxygen atoms in total. The van der Waals surface area contributed by atoms with Crippen LogP contribution in [0, 0.1) is 5.92 Å². The average Bonchev–Trinajstić information content (AvgIpc) is 2.86. The molecule has 0 bridgehead atoms. The molecule has 3 aromatic carbocycles. The number of sulfonamides is 1. The van der Waals surface area contributed by atoms with E-state index in [0.29, 0.717) is 18.0 Å². The highest BCUT2D eigenvalue weighted by molar-refractivity contribution is 7.92. The highest BCUT2D eigenvalue weighted by Crippen LogP contribution is 2.30. The van der Waals surface area contributed by atoms with E-state index in [1.807, 2.05) is 12.1 Å². The molecule has 0 fully saturated rings. The lowest BCUT2D eigenvalue weighted by Crippen LogP contribution is -2.21. The molecule has 1 atom stereocenters. The van der Waals surface area contributed by atoms with Gasteiger partial charge in [0, 0.05) is 5.69 Å². The molecule has 4 rings (SSSR count). The van der Waals surface area contributed by atoms with E-state index in [9.17, 15) is 8.42 Å². The first kappa shape index (κ1) is 25.1. The highest BCUT2D eigenvalue weighted by atomic mass is 32.2. The van der Waals surface area contributed by atoms with Crippen molar-refractivity contribution in [2.45, 2.75) is 37.2 Å². The smallest absolute Gasteiger partial charge is 0.261 e. The lowest BCUT2D eigenvalue weighted by atomic mass is 9.82. The summed E-state index contributed by atoms with van der Waals surface area (Å²) in [6.45, 7) is 1.57. The van der Waals surface area contributed by atoms with Crippen molar-refractivity contribution in [1.82, 2.24) is 4.90 Å². The van der Waals surface area contributed by atoms with Crippen molar-refractivity contribution >= 4 is 15.7 Å². The van der Waals surface area contributed by atoms with Crippen molar-refractivity contribution in [3.05, 3.63) is 83.4 Å². The predicted octanol–water partition coefficient (Wildman–Crippen LogP) is 5.13. The quantitative estimate of drug-likeness (QED) is 0.423. The van der Waals surface area contributed by atoms with Crippen molar-refractivity contribution in [2.24, 2.45) is 5.92 Å². The SMILES string of the molecule is COc1ccc(S(=O)(=O)Nc2ccc(COc3ccc4c(c3)CCC(CCN(C)C)C4)cc2)cc1. The number of hydrogen-bond acceptors (Lipinski definition) is 5. The van der Waals surface area contributed by atoms with E-state index in [1.54, 1.807) is 31.4 Å². The summed E-state index contributed by atoms with van der Waals surface area (Å²) in [5, 5.41) is 0. The van der Waals surface area contributed by atoms with Crippen molar-refractivity contribution in [3.8, 4) is 11.5 Å². The Morgan fingerprint density at radius 3 is 2.34 bits per heavy atom. The summed E-state index contributed by atoms with van der Waals surface area (Å²) >= 11 is 0. The Morgan fingerprint density at radius 2 is 1.66 bits per heavy atom. The zero-order valence-corrected chi connectivity index (χ0v) is 21.5. The minimum atomic E-state index is -3.67. The van der Waals surface area contributed by atoms with E-state index in [-0.39, 0.29) is 4.90 Å². The first-order valence-corrected chi connectivity index (χ1v) is 13.5. The van der Waals surface area contributed by atoms with Crippen LogP contribution >= 0.6 is 0 Å². The summed E-state index contributed by atoms with van der Waals surface area (Å²) in [7, 11) is 2.14. The van der Waals surface area contributed by atoms with Gasteiger partial charge in [-0.1, -0.05) is 18.2 Å². The molecule has 0 aliphatic heterocycles. The van der Waals surface area contributed by atoms with Crippen LogP contribution in [0.15, 0.2) is 71.6 Å². The number of aryl methyl sites for hydroxylation is 1. The molecule has 3 aromatic rings. The van der Waals surface area contributed by atoms with Crippen LogP contribution in [-0.4, -0.2) is 41.1 Å². The largest absolute Gasteiger partial charge is 0.497 e. The van der Waals surface area contributed by atoms with Crippen LogP contribution in [0.2, 0.25) is 0 Å². The predicted molar refractivity (Wildman–Crippen MR) is 140 cm³/mol. The number of rotatable bonds is 10. The summed E-state index contributed by atoms with van der Waals surface area (Å²) in [5.74, 6) is 2.24. The molecule has 0 amide bonds.